The van der Waals surface area contributed by atoms with Crippen molar-refractivity contribution in [3.8, 4) is 0 Å². The highest BCUT2D eigenvalue weighted by Crippen LogP contribution is 2.33. The first kappa shape index (κ1) is 24.8. The normalized spacial score (nSPS) is 14.9. The summed E-state index contributed by atoms with van der Waals surface area (Å²) in [4.78, 5) is 19.7. The third-order valence-electron chi connectivity index (χ3n) is 6.50. The lowest BCUT2D eigenvalue weighted by Gasteiger charge is -2.33. The zero-order valence-electron chi connectivity index (χ0n) is 19.6. The van der Waals surface area contributed by atoms with Gasteiger partial charge in [-0.2, -0.15) is 13.2 Å². The highest BCUT2D eigenvalue weighted by atomic mass is 19.4. The van der Waals surface area contributed by atoms with E-state index in [1.165, 1.54) is 17.7 Å². The molecule has 0 atom stereocenters. The third kappa shape index (κ3) is 5.51. The van der Waals surface area contributed by atoms with E-state index in [0.29, 0.717) is 24.4 Å². The number of benzene rings is 2. The van der Waals surface area contributed by atoms with Gasteiger partial charge in [0.1, 0.15) is 0 Å². The van der Waals surface area contributed by atoms with E-state index in [9.17, 15) is 23.1 Å². The van der Waals surface area contributed by atoms with Gasteiger partial charge in [-0.05, 0) is 68.0 Å². The minimum atomic E-state index is -4.54. The molecule has 9 heteroatoms. The van der Waals surface area contributed by atoms with Gasteiger partial charge in [-0.3, -0.25) is 10.1 Å². The number of imidazole rings is 1. The standard InChI is InChI=1S/C26H29F3N4O2/c1-17(2)32-12-9-18(10-13-32)19-7-8-23-22(16-19)30-25(33(23)11-4-14-34)31-24(35)20-5-3-6-21(15-20)26(27,28)29/h3,5-8,15-16,18,34H,1,4,9-14H2,2H3,(H,30,31,35). The summed E-state index contributed by atoms with van der Waals surface area (Å²) in [5.41, 5.74) is 2.74. The molecule has 3 aromatic rings. The first-order valence-corrected chi connectivity index (χ1v) is 11.7. The molecule has 6 nitrogen and oxygen atoms in total. The van der Waals surface area contributed by atoms with Crippen LogP contribution in [0.2, 0.25) is 0 Å². The monoisotopic (exact) mass is 486 g/mol. The maximum Gasteiger partial charge on any atom is 0.416 e. The van der Waals surface area contributed by atoms with Gasteiger partial charge in [-0.1, -0.05) is 18.7 Å². The lowest BCUT2D eigenvalue weighted by atomic mass is 9.89. The Kier molecular flexibility index (Phi) is 7.16. The number of anilines is 1. The van der Waals surface area contributed by atoms with E-state index >= 15 is 0 Å². The molecule has 0 unspecified atom stereocenters. The van der Waals surface area contributed by atoms with Gasteiger partial charge < -0.3 is 14.6 Å². The van der Waals surface area contributed by atoms with Crippen LogP contribution in [0.15, 0.2) is 54.7 Å². The van der Waals surface area contributed by atoms with Gasteiger partial charge in [0, 0.05) is 37.5 Å². The summed E-state index contributed by atoms with van der Waals surface area (Å²) in [6.45, 7) is 8.29. The van der Waals surface area contributed by atoms with E-state index in [1.807, 2.05) is 19.1 Å². The molecule has 0 aliphatic carbocycles. The van der Waals surface area contributed by atoms with Crippen LogP contribution in [0.5, 0.6) is 0 Å². The second-order valence-electron chi connectivity index (χ2n) is 8.94. The Morgan fingerprint density at radius 3 is 2.60 bits per heavy atom. The van der Waals surface area contributed by atoms with Crippen LogP contribution in [-0.2, 0) is 12.7 Å². The number of carbonyl (C=O) groups excluding carboxylic acids is 1. The van der Waals surface area contributed by atoms with E-state index in [-0.39, 0.29) is 18.1 Å². The van der Waals surface area contributed by atoms with Gasteiger partial charge in [0.2, 0.25) is 5.95 Å². The highest BCUT2D eigenvalue weighted by Gasteiger charge is 2.31. The van der Waals surface area contributed by atoms with Gasteiger partial charge >= 0.3 is 6.18 Å². The number of likely N-dealkylation sites (tertiary alicyclic amines) is 1. The summed E-state index contributed by atoms with van der Waals surface area (Å²) >= 11 is 0. The zero-order chi connectivity index (χ0) is 25.2. The summed E-state index contributed by atoms with van der Waals surface area (Å²) in [6, 6.07) is 10.3. The molecule has 4 rings (SSSR count). The molecule has 0 bridgehead atoms. The average molecular weight is 487 g/mol. The second kappa shape index (κ2) is 10.1. The van der Waals surface area contributed by atoms with Crippen LogP contribution in [0.25, 0.3) is 11.0 Å². The molecule has 1 saturated heterocycles. The van der Waals surface area contributed by atoms with Crippen LogP contribution in [0.1, 0.15) is 53.6 Å². The molecule has 1 aliphatic heterocycles. The first-order valence-electron chi connectivity index (χ1n) is 11.7. The van der Waals surface area contributed by atoms with Gasteiger partial charge in [-0.15, -0.1) is 0 Å². The van der Waals surface area contributed by atoms with E-state index < -0.39 is 17.6 Å². The number of alkyl halides is 3. The molecule has 2 aromatic carbocycles. The average Bonchev–Trinajstić information content (AvgIpc) is 3.18. The first-order chi connectivity index (χ1) is 16.7. The Morgan fingerprint density at radius 1 is 1.20 bits per heavy atom. The number of nitrogens with one attached hydrogen (secondary N) is 1. The van der Waals surface area contributed by atoms with Crippen LogP contribution in [0.4, 0.5) is 19.1 Å². The van der Waals surface area contributed by atoms with Gasteiger partial charge in [0.05, 0.1) is 16.6 Å². The highest BCUT2D eigenvalue weighted by molar-refractivity contribution is 6.04. The fourth-order valence-electron chi connectivity index (χ4n) is 4.56. The lowest BCUT2D eigenvalue weighted by molar-refractivity contribution is -0.137. The van der Waals surface area contributed by atoms with Crippen molar-refractivity contribution < 1.29 is 23.1 Å². The quantitative estimate of drug-likeness (QED) is 0.469. The maximum atomic E-state index is 13.1. The van der Waals surface area contributed by atoms with Crippen molar-refractivity contribution in [2.24, 2.45) is 0 Å². The molecule has 1 fully saturated rings. The Balaban J connectivity index is 1.61. The van der Waals surface area contributed by atoms with Crippen LogP contribution in [-0.4, -0.2) is 45.2 Å². The van der Waals surface area contributed by atoms with Crippen molar-refractivity contribution in [2.75, 3.05) is 25.0 Å². The van der Waals surface area contributed by atoms with Crippen molar-refractivity contribution >= 4 is 22.9 Å². The topological polar surface area (TPSA) is 70.4 Å². The zero-order valence-corrected chi connectivity index (χ0v) is 19.6. The number of fused-ring (bicyclic) bond motifs is 1. The number of halogens is 3. The number of hydrogen-bond acceptors (Lipinski definition) is 4. The fourth-order valence-corrected chi connectivity index (χ4v) is 4.56. The fraction of sp³-hybridized carbons (Fsp3) is 0.385. The molecule has 0 spiro atoms. The second-order valence-corrected chi connectivity index (χ2v) is 8.94. The van der Waals surface area contributed by atoms with E-state index in [1.54, 1.807) is 4.57 Å². The summed E-state index contributed by atoms with van der Waals surface area (Å²) in [7, 11) is 0. The molecule has 2 heterocycles. The van der Waals surface area contributed by atoms with Crippen molar-refractivity contribution in [2.45, 2.75) is 44.8 Å². The van der Waals surface area contributed by atoms with E-state index in [4.69, 9.17) is 0 Å². The van der Waals surface area contributed by atoms with Crippen molar-refractivity contribution in [3.05, 3.63) is 71.4 Å². The summed E-state index contributed by atoms with van der Waals surface area (Å²) in [5, 5.41) is 12.0. The summed E-state index contributed by atoms with van der Waals surface area (Å²) < 4.78 is 41.0. The van der Waals surface area contributed by atoms with Crippen molar-refractivity contribution in [1.29, 1.82) is 0 Å². The number of hydrogen-bond donors (Lipinski definition) is 2. The van der Waals surface area contributed by atoms with Gasteiger partial charge in [0.25, 0.3) is 5.91 Å². The van der Waals surface area contributed by atoms with Crippen LogP contribution >= 0.6 is 0 Å². The summed E-state index contributed by atoms with van der Waals surface area (Å²) in [5.74, 6) is -0.0464. The van der Waals surface area contributed by atoms with E-state index in [2.05, 4.69) is 27.8 Å². The number of nitrogens with zero attached hydrogens (tertiary/aromatic N) is 3. The van der Waals surface area contributed by atoms with Crippen LogP contribution in [0, 0.1) is 0 Å². The Labute approximate surface area is 202 Å². The molecular weight excluding hydrogens is 457 g/mol. The lowest BCUT2D eigenvalue weighted by Crippen LogP contribution is -2.31. The number of aliphatic hydroxyl groups excluding tert-OH is 1. The predicted octanol–water partition coefficient (Wildman–Crippen LogP) is 5.40. The van der Waals surface area contributed by atoms with E-state index in [0.717, 1.165) is 49.3 Å². The number of carbonyl (C=O) groups is 1. The molecule has 2 N–H and O–H groups in total. The Morgan fingerprint density at radius 2 is 1.94 bits per heavy atom. The SMILES string of the molecule is C=C(C)N1CCC(c2ccc3c(c2)nc(NC(=O)c2cccc(C(F)(F)F)c2)n3CCCO)CC1. The molecule has 0 saturated carbocycles. The van der Waals surface area contributed by atoms with Gasteiger partial charge in [0.15, 0.2) is 0 Å². The number of amides is 1. The van der Waals surface area contributed by atoms with Crippen LogP contribution in [0.3, 0.4) is 0 Å². The van der Waals surface area contributed by atoms with Crippen molar-refractivity contribution in [1.82, 2.24) is 14.5 Å². The molecule has 0 radical (unpaired) electrons. The summed E-state index contributed by atoms with van der Waals surface area (Å²) in [6.07, 6.45) is -2.09. The van der Waals surface area contributed by atoms with Crippen molar-refractivity contribution in [3.63, 3.8) is 0 Å². The molecule has 186 valence electrons. The number of allylic oxidation sites excluding steroid dienone is 1. The smallest absolute Gasteiger partial charge is 0.396 e. The minimum absolute atomic E-state index is 0.0416. The number of aliphatic hydroxyl groups is 1. The predicted molar refractivity (Wildman–Crippen MR) is 129 cm³/mol. The molecular formula is C26H29F3N4O2. The van der Waals surface area contributed by atoms with Crippen LogP contribution < -0.4 is 5.32 Å². The molecule has 35 heavy (non-hydrogen) atoms. The molecule has 1 aliphatic rings. The Hall–Kier alpha value is -3.33. The minimum Gasteiger partial charge on any atom is -0.396 e. The third-order valence-corrected chi connectivity index (χ3v) is 6.50. The largest absolute Gasteiger partial charge is 0.416 e. The number of aromatic nitrogens is 2. The number of aryl methyl sites for hydroxylation is 1. The molecule has 1 aromatic heterocycles. The Bertz CT molecular complexity index is 1230. The van der Waals surface area contributed by atoms with Gasteiger partial charge in [-0.25, -0.2) is 4.98 Å². The number of piperidine rings is 1. The maximum absolute atomic E-state index is 13.1. The molecule has 1 amide bonds. The number of rotatable bonds is 7.